The summed E-state index contributed by atoms with van der Waals surface area (Å²) in [5.74, 6) is 0.391. The van der Waals surface area contributed by atoms with Gasteiger partial charge in [0.2, 0.25) is 5.91 Å². The van der Waals surface area contributed by atoms with E-state index < -0.39 is 5.92 Å². The van der Waals surface area contributed by atoms with Crippen molar-refractivity contribution in [1.29, 1.82) is 5.26 Å². The summed E-state index contributed by atoms with van der Waals surface area (Å²) < 4.78 is 1.93. The third-order valence-corrected chi connectivity index (χ3v) is 5.65. The number of hydrogen-bond donors (Lipinski definition) is 1. The first kappa shape index (κ1) is 18.4. The van der Waals surface area contributed by atoms with Crippen LogP contribution < -0.4 is 5.32 Å². The zero-order valence-corrected chi connectivity index (χ0v) is 15.9. The Morgan fingerprint density at radius 3 is 2.86 bits per heavy atom. The van der Waals surface area contributed by atoms with Crippen LogP contribution >= 0.6 is 0 Å². The standard InChI is InChI=1S/C21H23N5O2/c1-13-10-16(13)21(28)23-15-7-5-6-14(11-15)19(27)17(12-22)20-25-24-18-8-3-2-4-9-26(18)20/h5-7,11,13,16-17H,2-4,8-10H2,1H3,(H,23,28)/t13-,16-,17+/m1/s1. The van der Waals surface area contributed by atoms with Crippen molar-refractivity contribution < 1.29 is 9.59 Å². The number of nitriles is 1. The molecule has 1 aromatic heterocycles. The number of aryl methyl sites for hydroxylation is 1. The molecule has 0 spiro atoms. The van der Waals surface area contributed by atoms with Gasteiger partial charge in [-0.15, -0.1) is 10.2 Å². The van der Waals surface area contributed by atoms with Crippen LogP contribution in [0.3, 0.4) is 0 Å². The van der Waals surface area contributed by atoms with E-state index in [1.807, 2.05) is 11.5 Å². The molecular weight excluding hydrogens is 354 g/mol. The molecule has 1 aromatic carbocycles. The summed E-state index contributed by atoms with van der Waals surface area (Å²) in [6, 6.07) is 8.89. The number of Topliss-reactive ketones (excluding diaryl/α,β-unsaturated/α-hetero) is 1. The number of benzene rings is 1. The predicted molar refractivity (Wildman–Crippen MR) is 103 cm³/mol. The minimum Gasteiger partial charge on any atom is -0.326 e. The molecule has 1 aliphatic carbocycles. The fourth-order valence-corrected chi connectivity index (χ4v) is 3.79. The number of carbonyl (C=O) groups excluding carboxylic acids is 2. The van der Waals surface area contributed by atoms with Crippen LogP contribution in [0.4, 0.5) is 5.69 Å². The topological polar surface area (TPSA) is 101 Å². The molecule has 2 aromatic rings. The third-order valence-electron chi connectivity index (χ3n) is 5.65. The van der Waals surface area contributed by atoms with Crippen LogP contribution in [0, 0.1) is 23.2 Å². The third kappa shape index (κ3) is 3.55. The normalized spacial score (nSPS) is 21.7. The number of carbonyl (C=O) groups is 2. The molecule has 1 fully saturated rings. The van der Waals surface area contributed by atoms with Crippen molar-refractivity contribution in [2.24, 2.45) is 11.8 Å². The van der Waals surface area contributed by atoms with Crippen molar-refractivity contribution in [3.63, 3.8) is 0 Å². The smallest absolute Gasteiger partial charge is 0.227 e. The molecule has 0 bridgehead atoms. The Hall–Kier alpha value is -3.01. The molecule has 0 saturated heterocycles. The van der Waals surface area contributed by atoms with Crippen molar-refractivity contribution in [3.8, 4) is 6.07 Å². The van der Waals surface area contributed by atoms with Gasteiger partial charge < -0.3 is 9.88 Å². The van der Waals surface area contributed by atoms with Crippen molar-refractivity contribution in [2.75, 3.05) is 5.32 Å². The highest BCUT2D eigenvalue weighted by Gasteiger charge is 2.39. The van der Waals surface area contributed by atoms with Crippen LogP contribution in [0.2, 0.25) is 0 Å². The van der Waals surface area contributed by atoms with E-state index in [-0.39, 0.29) is 17.6 Å². The van der Waals surface area contributed by atoms with Gasteiger partial charge in [-0.05, 0) is 37.3 Å². The molecule has 2 aliphatic rings. The highest BCUT2D eigenvalue weighted by Crippen LogP contribution is 2.38. The largest absolute Gasteiger partial charge is 0.326 e. The molecule has 0 radical (unpaired) electrons. The van der Waals surface area contributed by atoms with Crippen LogP contribution in [0.25, 0.3) is 0 Å². The molecule has 1 amide bonds. The number of rotatable bonds is 5. The Labute approximate surface area is 163 Å². The number of fused-ring (bicyclic) bond motifs is 1. The number of amides is 1. The number of ketones is 1. The first-order valence-corrected chi connectivity index (χ1v) is 9.85. The molecule has 7 heteroatoms. The average Bonchev–Trinajstić information content (AvgIpc) is 3.38. The quantitative estimate of drug-likeness (QED) is 0.807. The summed E-state index contributed by atoms with van der Waals surface area (Å²) in [6.07, 6.45) is 4.87. The predicted octanol–water partition coefficient (Wildman–Crippen LogP) is 3.09. The van der Waals surface area contributed by atoms with Crippen molar-refractivity contribution in [1.82, 2.24) is 14.8 Å². The van der Waals surface area contributed by atoms with Gasteiger partial charge in [-0.2, -0.15) is 5.26 Å². The Kier molecular flexibility index (Phi) is 4.95. The lowest BCUT2D eigenvalue weighted by Gasteiger charge is -2.12. The van der Waals surface area contributed by atoms with Gasteiger partial charge in [0.05, 0.1) is 6.07 Å². The average molecular weight is 377 g/mol. The maximum Gasteiger partial charge on any atom is 0.227 e. The molecule has 144 valence electrons. The second-order valence-electron chi connectivity index (χ2n) is 7.75. The molecule has 1 aliphatic heterocycles. The zero-order chi connectivity index (χ0) is 19.7. The van der Waals surface area contributed by atoms with E-state index in [0.29, 0.717) is 23.0 Å². The Morgan fingerprint density at radius 1 is 1.29 bits per heavy atom. The summed E-state index contributed by atoms with van der Waals surface area (Å²) in [6.45, 7) is 2.78. The minimum absolute atomic E-state index is 0.0169. The van der Waals surface area contributed by atoms with E-state index in [9.17, 15) is 14.9 Å². The molecule has 0 unspecified atom stereocenters. The Morgan fingerprint density at radius 2 is 2.11 bits per heavy atom. The number of aromatic nitrogens is 3. The molecule has 1 saturated carbocycles. The van der Waals surface area contributed by atoms with Crippen LogP contribution in [-0.2, 0) is 17.8 Å². The molecule has 28 heavy (non-hydrogen) atoms. The monoisotopic (exact) mass is 377 g/mol. The SMILES string of the molecule is C[C@@H]1C[C@H]1C(=O)Nc1cccc(C(=O)[C@H](C#N)c2nnc3n2CCCCC3)c1. The van der Waals surface area contributed by atoms with E-state index in [1.165, 1.54) is 0 Å². The van der Waals surface area contributed by atoms with Gasteiger partial charge in [0, 0.05) is 30.1 Å². The molecule has 1 N–H and O–H groups in total. The van der Waals surface area contributed by atoms with Crippen LogP contribution in [0.5, 0.6) is 0 Å². The summed E-state index contributed by atoms with van der Waals surface area (Å²) in [7, 11) is 0. The molecule has 2 heterocycles. The van der Waals surface area contributed by atoms with E-state index in [4.69, 9.17) is 0 Å². The van der Waals surface area contributed by atoms with Crippen molar-refractivity contribution in [3.05, 3.63) is 41.5 Å². The Balaban J connectivity index is 1.56. The first-order chi connectivity index (χ1) is 13.6. The highest BCUT2D eigenvalue weighted by atomic mass is 16.2. The molecular formula is C21H23N5O2. The van der Waals surface area contributed by atoms with Gasteiger partial charge in [0.15, 0.2) is 17.5 Å². The van der Waals surface area contributed by atoms with Gasteiger partial charge in [0.1, 0.15) is 5.82 Å². The van der Waals surface area contributed by atoms with E-state index in [0.717, 1.165) is 44.5 Å². The minimum atomic E-state index is -1.01. The summed E-state index contributed by atoms with van der Waals surface area (Å²) >= 11 is 0. The van der Waals surface area contributed by atoms with Gasteiger partial charge >= 0.3 is 0 Å². The summed E-state index contributed by atoms with van der Waals surface area (Å²) in [4.78, 5) is 25.2. The fraction of sp³-hybridized carbons (Fsp3) is 0.476. The highest BCUT2D eigenvalue weighted by molar-refractivity contribution is 6.03. The lowest BCUT2D eigenvalue weighted by molar-refractivity contribution is -0.117. The summed E-state index contributed by atoms with van der Waals surface area (Å²) in [5, 5.41) is 20.9. The molecule has 3 atom stereocenters. The van der Waals surface area contributed by atoms with Crippen molar-refractivity contribution >= 4 is 17.4 Å². The van der Waals surface area contributed by atoms with Crippen LogP contribution in [0.1, 0.15) is 60.5 Å². The maximum absolute atomic E-state index is 13.1. The summed E-state index contributed by atoms with van der Waals surface area (Å²) in [5.41, 5.74) is 0.964. The second kappa shape index (κ2) is 7.55. The number of hydrogen-bond acceptors (Lipinski definition) is 5. The zero-order valence-electron chi connectivity index (χ0n) is 15.9. The van der Waals surface area contributed by atoms with Crippen LogP contribution in [0.15, 0.2) is 24.3 Å². The molecule has 4 rings (SSSR count). The first-order valence-electron chi connectivity index (χ1n) is 9.85. The number of nitrogens with one attached hydrogen (secondary N) is 1. The van der Waals surface area contributed by atoms with Gasteiger partial charge in [0.25, 0.3) is 0 Å². The van der Waals surface area contributed by atoms with Gasteiger partial charge in [-0.1, -0.05) is 25.5 Å². The number of anilines is 1. The van der Waals surface area contributed by atoms with Gasteiger partial charge in [-0.3, -0.25) is 9.59 Å². The second-order valence-corrected chi connectivity index (χ2v) is 7.75. The molecule has 7 nitrogen and oxygen atoms in total. The number of nitrogens with zero attached hydrogens (tertiary/aromatic N) is 4. The van der Waals surface area contributed by atoms with Gasteiger partial charge in [-0.25, -0.2) is 0 Å². The lowest BCUT2D eigenvalue weighted by Crippen LogP contribution is -2.18. The van der Waals surface area contributed by atoms with E-state index in [2.05, 4.69) is 21.6 Å². The fourth-order valence-electron chi connectivity index (χ4n) is 3.79. The van der Waals surface area contributed by atoms with Crippen LogP contribution in [-0.4, -0.2) is 26.5 Å². The van der Waals surface area contributed by atoms with Crippen molar-refractivity contribution in [2.45, 2.75) is 51.5 Å². The van der Waals surface area contributed by atoms with E-state index >= 15 is 0 Å². The lowest BCUT2D eigenvalue weighted by atomic mass is 9.97. The maximum atomic E-state index is 13.1. The van der Waals surface area contributed by atoms with E-state index in [1.54, 1.807) is 24.3 Å². The Bertz CT molecular complexity index is 958.